The van der Waals surface area contributed by atoms with Crippen molar-refractivity contribution in [3.63, 3.8) is 0 Å². The van der Waals surface area contributed by atoms with E-state index in [1.54, 1.807) is 24.3 Å². The topological polar surface area (TPSA) is 62.1 Å². The molecule has 1 N–H and O–H groups in total. The number of hydrogen-bond donors (Lipinski definition) is 1. The molecular formula is C31H43LiN2O2. The molecule has 36 heavy (non-hydrogen) atoms. The van der Waals surface area contributed by atoms with Gasteiger partial charge in [-0.25, -0.2) is 0 Å². The Labute approximate surface area is 230 Å². The predicted octanol–water partition coefficient (Wildman–Crippen LogP) is 3.56. The minimum Gasteiger partial charge on any atom is -0.385 e. The number of nitrogens with one attached hydrogen (secondary N) is 1. The third-order valence-electron chi connectivity index (χ3n) is 10.7. The standard InChI is InChI=1S/C31H43N2O2.Li/c1-20(33-30(34)23-10-7-21(18-32)8-11-23)28-5-4-6-29-27-14-12-24-17-22(19-35-3)9-13-25(24)26(27)15-16-31(28,29)2;/h7-8,10-11,20,22,25-29H,4-6,9,12-17,19H2,1-3H3,(H,33,34);/q-1;+1/t20-,22-,25-,26?,27+,28+,29?,31+;/m0./s1. The number of methoxy groups -OCH3 is 1. The van der Waals surface area contributed by atoms with Gasteiger partial charge in [-0.15, -0.1) is 0 Å². The quantitative estimate of drug-likeness (QED) is 0.516. The SMILES string of the molecule is COC[C@H]1CC[C@H]2[C-](CC[C@@H]3C2CC[C@@]2(C)C3CCC[C@@H]2[C@H](C)NC(=O)c2ccc(C#N)cc2)C1.[Li+]. The third kappa shape index (κ3) is 5.19. The van der Waals surface area contributed by atoms with Crippen LogP contribution in [0.4, 0.5) is 0 Å². The fraction of sp³-hybridized carbons (Fsp3) is 0.710. The molecular weight excluding hydrogens is 439 g/mol. The van der Waals surface area contributed by atoms with Crippen molar-refractivity contribution in [1.82, 2.24) is 5.32 Å². The van der Waals surface area contributed by atoms with E-state index in [0.717, 1.165) is 36.2 Å². The van der Waals surface area contributed by atoms with Gasteiger partial charge in [-0.3, -0.25) is 4.79 Å². The van der Waals surface area contributed by atoms with Crippen LogP contribution in [-0.4, -0.2) is 25.7 Å². The van der Waals surface area contributed by atoms with Crippen LogP contribution < -0.4 is 24.2 Å². The molecule has 1 aromatic carbocycles. The van der Waals surface area contributed by atoms with Crippen molar-refractivity contribution in [3.05, 3.63) is 41.3 Å². The first-order valence-electron chi connectivity index (χ1n) is 14.1. The molecule has 4 saturated carbocycles. The molecule has 0 heterocycles. The number of nitriles is 1. The molecule has 1 aromatic rings. The van der Waals surface area contributed by atoms with Gasteiger partial charge in [0.25, 0.3) is 5.91 Å². The Morgan fingerprint density at radius 2 is 1.94 bits per heavy atom. The molecule has 5 heteroatoms. The first-order valence-corrected chi connectivity index (χ1v) is 14.1. The monoisotopic (exact) mass is 482 g/mol. The van der Waals surface area contributed by atoms with Gasteiger partial charge >= 0.3 is 18.9 Å². The van der Waals surface area contributed by atoms with Gasteiger partial charge in [0.15, 0.2) is 0 Å². The van der Waals surface area contributed by atoms with Crippen molar-refractivity contribution in [3.8, 4) is 6.07 Å². The average molecular weight is 483 g/mol. The van der Waals surface area contributed by atoms with Crippen LogP contribution in [0.1, 0.15) is 94.0 Å². The maximum Gasteiger partial charge on any atom is 1.00 e. The fourth-order valence-electron chi connectivity index (χ4n) is 9.16. The Morgan fingerprint density at radius 1 is 1.17 bits per heavy atom. The maximum atomic E-state index is 13.0. The number of carbonyl (C=O) groups is 1. The molecule has 4 nitrogen and oxygen atoms in total. The molecule has 1 amide bonds. The minimum absolute atomic E-state index is 0. The summed E-state index contributed by atoms with van der Waals surface area (Å²) in [5, 5.41) is 12.4. The van der Waals surface area contributed by atoms with Gasteiger partial charge in [0, 0.05) is 25.3 Å². The zero-order valence-corrected chi connectivity index (χ0v) is 22.9. The number of hydrogen-bond acceptors (Lipinski definition) is 3. The van der Waals surface area contributed by atoms with E-state index < -0.39 is 0 Å². The Kier molecular flexibility index (Phi) is 8.98. The Morgan fingerprint density at radius 3 is 2.67 bits per heavy atom. The number of carbonyl (C=O) groups excluding carboxylic acids is 1. The first-order chi connectivity index (χ1) is 16.9. The molecule has 0 spiro atoms. The van der Waals surface area contributed by atoms with E-state index in [9.17, 15) is 4.79 Å². The van der Waals surface area contributed by atoms with E-state index in [2.05, 4.69) is 25.2 Å². The molecule has 5 rings (SSSR count). The van der Waals surface area contributed by atoms with Crippen molar-refractivity contribution in [2.24, 2.45) is 40.9 Å². The zero-order chi connectivity index (χ0) is 24.6. The van der Waals surface area contributed by atoms with E-state index in [1.165, 1.54) is 64.2 Å². The maximum absolute atomic E-state index is 13.0. The third-order valence-corrected chi connectivity index (χ3v) is 10.7. The molecule has 0 radical (unpaired) electrons. The van der Waals surface area contributed by atoms with Crippen LogP contribution in [0, 0.1) is 58.2 Å². The Bertz CT molecular complexity index is 943. The minimum atomic E-state index is -0.00822. The van der Waals surface area contributed by atoms with Gasteiger partial charge in [0.05, 0.1) is 11.6 Å². The van der Waals surface area contributed by atoms with Crippen molar-refractivity contribution >= 4 is 5.91 Å². The summed E-state index contributed by atoms with van der Waals surface area (Å²) in [7, 11) is 1.85. The van der Waals surface area contributed by atoms with E-state index in [-0.39, 0.29) is 30.8 Å². The molecule has 8 atom stereocenters. The van der Waals surface area contributed by atoms with Crippen LogP contribution in [0.5, 0.6) is 0 Å². The number of amides is 1. The van der Waals surface area contributed by atoms with E-state index >= 15 is 0 Å². The fourth-order valence-corrected chi connectivity index (χ4v) is 9.16. The smallest absolute Gasteiger partial charge is 0.385 e. The summed E-state index contributed by atoms with van der Waals surface area (Å²) in [4.78, 5) is 13.0. The Hall–Kier alpha value is -1.26. The van der Waals surface area contributed by atoms with Gasteiger partial charge in [0.2, 0.25) is 0 Å². The molecule has 190 valence electrons. The number of nitrogens with zero attached hydrogens (tertiary/aromatic N) is 1. The molecule has 0 saturated heterocycles. The zero-order valence-electron chi connectivity index (χ0n) is 22.9. The molecule has 4 fully saturated rings. The largest absolute Gasteiger partial charge is 1.00 e. The van der Waals surface area contributed by atoms with Crippen LogP contribution >= 0.6 is 0 Å². The van der Waals surface area contributed by atoms with Crippen molar-refractivity contribution in [1.29, 1.82) is 5.26 Å². The normalized spacial score (nSPS) is 36.7. The molecule has 0 aliphatic heterocycles. The number of fused-ring (bicyclic) bond motifs is 5. The van der Waals surface area contributed by atoms with Crippen molar-refractivity contribution in [2.45, 2.75) is 84.1 Å². The van der Waals surface area contributed by atoms with E-state index in [4.69, 9.17) is 10.00 Å². The summed E-state index contributed by atoms with van der Waals surface area (Å²) >= 11 is 0. The average Bonchev–Trinajstić information content (AvgIpc) is 2.87. The molecule has 2 unspecified atom stereocenters. The first kappa shape index (κ1) is 27.8. The van der Waals surface area contributed by atoms with Gasteiger partial charge in [0.1, 0.15) is 0 Å². The Balaban J connectivity index is 0.00000304. The van der Waals surface area contributed by atoms with Gasteiger partial charge in [-0.1, -0.05) is 44.9 Å². The van der Waals surface area contributed by atoms with Crippen LogP contribution in [0.2, 0.25) is 0 Å². The second kappa shape index (κ2) is 11.6. The summed E-state index contributed by atoms with van der Waals surface area (Å²) in [5.41, 5.74) is 1.56. The van der Waals surface area contributed by atoms with Gasteiger partial charge in [-0.2, -0.15) is 24.0 Å². The second-order valence-electron chi connectivity index (χ2n) is 12.4. The molecule has 4 aliphatic rings. The summed E-state index contributed by atoms with van der Waals surface area (Å²) in [6.07, 6.45) is 13.3. The van der Waals surface area contributed by atoms with Crippen LogP contribution in [0.25, 0.3) is 0 Å². The predicted molar refractivity (Wildman–Crippen MR) is 138 cm³/mol. The second-order valence-corrected chi connectivity index (χ2v) is 12.4. The van der Waals surface area contributed by atoms with Crippen LogP contribution in [0.15, 0.2) is 24.3 Å². The van der Waals surface area contributed by atoms with E-state index in [0.29, 0.717) is 22.5 Å². The van der Waals surface area contributed by atoms with Gasteiger partial charge < -0.3 is 16.0 Å². The van der Waals surface area contributed by atoms with E-state index in [1.807, 2.05) is 13.0 Å². The molecule has 0 aromatic heterocycles. The van der Waals surface area contributed by atoms with Crippen LogP contribution in [0.3, 0.4) is 0 Å². The molecule has 4 aliphatic carbocycles. The summed E-state index contributed by atoms with van der Waals surface area (Å²) in [5.74, 6) is 6.56. The van der Waals surface area contributed by atoms with Gasteiger partial charge in [-0.05, 0) is 79.5 Å². The number of rotatable bonds is 5. The number of benzene rings is 1. The molecule has 0 bridgehead atoms. The number of ether oxygens (including phenoxy) is 1. The summed E-state index contributed by atoms with van der Waals surface area (Å²) in [6, 6.07) is 9.30. The summed E-state index contributed by atoms with van der Waals surface area (Å²) in [6.45, 7) is 5.73. The van der Waals surface area contributed by atoms with Crippen LogP contribution in [-0.2, 0) is 4.74 Å². The van der Waals surface area contributed by atoms with Crippen molar-refractivity contribution in [2.75, 3.05) is 13.7 Å². The summed E-state index contributed by atoms with van der Waals surface area (Å²) < 4.78 is 5.50. The van der Waals surface area contributed by atoms with Crippen molar-refractivity contribution < 1.29 is 28.4 Å².